The first-order chi connectivity index (χ1) is 15.0. The third-order valence-electron chi connectivity index (χ3n) is 8.85. The average Bonchev–Trinajstić information content (AvgIpc) is 3.40. The standard InChI is InChI=1S/C26H39ClN4O/c1-16-10-18-11-19(18)12-20(16)23(32)31-15-26(14-17(31)2)6-8-30(9-7-26)22-13-21(27)28-24(29-22)25(3,4)5/h13,16-20H,6-12,14-15H2,1-5H3. The SMILES string of the molecule is CC1CC2CC2CC1C(=O)N1CC2(CCN(c3cc(Cl)nc(C(C)(C)C)n3)CC2)CC1C. The van der Waals surface area contributed by atoms with Crippen LogP contribution in [0.4, 0.5) is 5.82 Å². The number of likely N-dealkylation sites (tertiary alicyclic amines) is 1. The van der Waals surface area contributed by atoms with Gasteiger partial charge in [0.1, 0.15) is 16.8 Å². The summed E-state index contributed by atoms with van der Waals surface area (Å²) in [6, 6.07) is 2.26. The Bertz CT molecular complexity index is 888. The lowest BCUT2D eigenvalue weighted by molar-refractivity contribution is -0.139. The van der Waals surface area contributed by atoms with Gasteiger partial charge in [0.25, 0.3) is 0 Å². The molecular formula is C26H39ClN4O. The van der Waals surface area contributed by atoms with Crippen LogP contribution in [0.5, 0.6) is 0 Å². The molecule has 0 aromatic carbocycles. The van der Waals surface area contributed by atoms with Gasteiger partial charge in [0.05, 0.1) is 0 Å². The van der Waals surface area contributed by atoms with Gasteiger partial charge in [-0.2, -0.15) is 0 Å². The van der Waals surface area contributed by atoms with Crippen molar-refractivity contribution in [3.63, 3.8) is 0 Å². The van der Waals surface area contributed by atoms with E-state index in [0.29, 0.717) is 23.0 Å². The molecule has 4 fully saturated rings. The van der Waals surface area contributed by atoms with Gasteiger partial charge in [-0.25, -0.2) is 9.97 Å². The highest BCUT2D eigenvalue weighted by molar-refractivity contribution is 6.29. The summed E-state index contributed by atoms with van der Waals surface area (Å²) < 4.78 is 0. The van der Waals surface area contributed by atoms with Crippen LogP contribution in [0.1, 0.15) is 79.0 Å². The normalized spacial score (nSPS) is 34.0. The number of halogens is 1. The maximum atomic E-state index is 13.5. The van der Waals surface area contributed by atoms with E-state index in [1.165, 1.54) is 12.8 Å². The minimum absolute atomic E-state index is 0.130. The summed E-state index contributed by atoms with van der Waals surface area (Å²) in [4.78, 5) is 27.5. The van der Waals surface area contributed by atoms with Crippen LogP contribution in [0.2, 0.25) is 5.15 Å². The fraction of sp³-hybridized carbons (Fsp3) is 0.808. The van der Waals surface area contributed by atoms with Crippen LogP contribution in [0.25, 0.3) is 0 Å². The first-order valence-corrected chi connectivity index (χ1v) is 13.0. The van der Waals surface area contributed by atoms with E-state index in [0.717, 1.165) is 68.8 Å². The summed E-state index contributed by atoms with van der Waals surface area (Å²) in [7, 11) is 0. The molecule has 0 N–H and O–H groups in total. The lowest BCUT2D eigenvalue weighted by Crippen LogP contribution is -2.45. The third-order valence-corrected chi connectivity index (χ3v) is 9.05. The number of carbonyl (C=O) groups is 1. The van der Waals surface area contributed by atoms with Crippen molar-refractivity contribution >= 4 is 23.3 Å². The average molecular weight is 459 g/mol. The van der Waals surface area contributed by atoms with Crippen LogP contribution in [-0.4, -0.2) is 46.5 Å². The molecular weight excluding hydrogens is 420 g/mol. The van der Waals surface area contributed by atoms with Crippen LogP contribution in [0, 0.1) is 29.1 Å². The van der Waals surface area contributed by atoms with Crippen molar-refractivity contribution in [2.75, 3.05) is 24.5 Å². The highest BCUT2D eigenvalue weighted by atomic mass is 35.5. The molecule has 1 aromatic rings. The van der Waals surface area contributed by atoms with E-state index in [2.05, 4.69) is 49.4 Å². The number of amides is 1. The molecule has 4 aliphatic rings. The van der Waals surface area contributed by atoms with E-state index < -0.39 is 0 Å². The predicted molar refractivity (Wildman–Crippen MR) is 129 cm³/mol. The van der Waals surface area contributed by atoms with E-state index in [9.17, 15) is 4.79 Å². The van der Waals surface area contributed by atoms with E-state index >= 15 is 0 Å². The van der Waals surface area contributed by atoms with Gasteiger partial charge in [0, 0.05) is 43.1 Å². The number of hydrogen-bond acceptors (Lipinski definition) is 4. The summed E-state index contributed by atoms with van der Waals surface area (Å²) >= 11 is 6.35. The zero-order chi connectivity index (χ0) is 22.8. The molecule has 2 aliphatic carbocycles. The molecule has 1 spiro atoms. The molecule has 3 heterocycles. The van der Waals surface area contributed by atoms with Crippen molar-refractivity contribution < 1.29 is 4.79 Å². The molecule has 5 nitrogen and oxygen atoms in total. The molecule has 0 radical (unpaired) electrons. The van der Waals surface area contributed by atoms with Crippen LogP contribution < -0.4 is 4.90 Å². The van der Waals surface area contributed by atoms with Gasteiger partial charge in [-0.3, -0.25) is 4.79 Å². The Morgan fingerprint density at radius 1 is 1.09 bits per heavy atom. The summed E-state index contributed by atoms with van der Waals surface area (Å²) in [5.74, 6) is 4.77. The molecule has 2 aliphatic heterocycles. The molecule has 5 atom stereocenters. The van der Waals surface area contributed by atoms with Crippen LogP contribution in [-0.2, 0) is 10.2 Å². The Kier molecular flexibility index (Phi) is 5.51. The predicted octanol–water partition coefficient (Wildman–Crippen LogP) is 5.32. The fourth-order valence-electron chi connectivity index (χ4n) is 6.73. The number of piperidine rings is 1. The van der Waals surface area contributed by atoms with Crippen LogP contribution >= 0.6 is 11.6 Å². The molecule has 5 unspecified atom stereocenters. The van der Waals surface area contributed by atoms with E-state index in [1.54, 1.807) is 0 Å². The molecule has 5 rings (SSSR count). The molecule has 0 bridgehead atoms. The molecule has 1 aromatic heterocycles. The zero-order valence-electron chi connectivity index (χ0n) is 20.4. The molecule has 32 heavy (non-hydrogen) atoms. The monoisotopic (exact) mass is 458 g/mol. The number of rotatable bonds is 2. The maximum absolute atomic E-state index is 13.5. The second kappa shape index (κ2) is 7.85. The molecule has 2 saturated carbocycles. The summed E-state index contributed by atoms with van der Waals surface area (Å²) in [6.07, 6.45) is 7.13. The van der Waals surface area contributed by atoms with E-state index in [1.807, 2.05) is 6.07 Å². The Labute approximate surface area is 198 Å². The van der Waals surface area contributed by atoms with Gasteiger partial charge < -0.3 is 9.80 Å². The number of nitrogens with zero attached hydrogens (tertiary/aromatic N) is 4. The minimum atomic E-state index is -0.130. The lowest BCUT2D eigenvalue weighted by atomic mass is 9.76. The van der Waals surface area contributed by atoms with Gasteiger partial charge in [0.2, 0.25) is 5.91 Å². The highest BCUT2D eigenvalue weighted by Crippen LogP contribution is 2.54. The quantitative estimate of drug-likeness (QED) is 0.563. The first kappa shape index (κ1) is 22.4. The number of hydrogen-bond donors (Lipinski definition) is 0. The Morgan fingerprint density at radius 3 is 2.47 bits per heavy atom. The third kappa shape index (κ3) is 4.15. The topological polar surface area (TPSA) is 49.3 Å². The van der Waals surface area contributed by atoms with Gasteiger partial charge >= 0.3 is 0 Å². The molecule has 6 heteroatoms. The Morgan fingerprint density at radius 2 is 1.78 bits per heavy atom. The van der Waals surface area contributed by atoms with Gasteiger partial charge in [-0.05, 0) is 68.6 Å². The van der Waals surface area contributed by atoms with E-state index in [-0.39, 0.29) is 16.7 Å². The Balaban J connectivity index is 1.25. The van der Waals surface area contributed by atoms with Crippen molar-refractivity contribution in [3.8, 4) is 0 Å². The summed E-state index contributed by atoms with van der Waals surface area (Å²) in [6.45, 7) is 13.8. The largest absolute Gasteiger partial charge is 0.356 e. The van der Waals surface area contributed by atoms with Gasteiger partial charge in [-0.15, -0.1) is 0 Å². The van der Waals surface area contributed by atoms with Gasteiger partial charge in [0.15, 0.2) is 0 Å². The summed E-state index contributed by atoms with van der Waals surface area (Å²) in [5, 5.41) is 0.519. The van der Waals surface area contributed by atoms with Crippen LogP contribution in [0.3, 0.4) is 0 Å². The molecule has 176 valence electrons. The number of aromatic nitrogens is 2. The maximum Gasteiger partial charge on any atom is 0.226 e. The number of anilines is 1. The smallest absolute Gasteiger partial charge is 0.226 e. The fourth-order valence-corrected chi connectivity index (χ4v) is 6.91. The second-order valence-electron chi connectivity index (χ2n) is 12.4. The molecule has 2 saturated heterocycles. The van der Waals surface area contributed by atoms with Crippen molar-refractivity contribution in [1.29, 1.82) is 0 Å². The number of fused-ring (bicyclic) bond motifs is 1. The summed E-state index contributed by atoms with van der Waals surface area (Å²) in [5.41, 5.74) is 0.129. The van der Waals surface area contributed by atoms with E-state index in [4.69, 9.17) is 16.6 Å². The van der Waals surface area contributed by atoms with Crippen molar-refractivity contribution in [2.45, 2.75) is 84.6 Å². The molecule has 1 amide bonds. The van der Waals surface area contributed by atoms with Crippen molar-refractivity contribution in [2.24, 2.45) is 29.1 Å². The van der Waals surface area contributed by atoms with Crippen LogP contribution in [0.15, 0.2) is 6.07 Å². The van der Waals surface area contributed by atoms with Gasteiger partial charge in [-0.1, -0.05) is 39.3 Å². The highest BCUT2D eigenvalue weighted by Gasteiger charge is 2.51. The van der Waals surface area contributed by atoms with Crippen molar-refractivity contribution in [1.82, 2.24) is 14.9 Å². The zero-order valence-corrected chi connectivity index (χ0v) is 21.2. The second-order valence-corrected chi connectivity index (χ2v) is 12.8. The minimum Gasteiger partial charge on any atom is -0.356 e. The number of carbonyl (C=O) groups excluding carboxylic acids is 1. The van der Waals surface area contributed by atoms with Crippen molar-refractivity contribution in [3.05, 3.63) is 17.0 Å². The lowest BCUT2D eigenvalue weighted by Gasteiger charge is -2.40. The Hall–Kier alpha value is -1.36. The first-order valence-electron chi connectivity index (χ1n) is 12.7.